The zero-order valence-electron chi connectivity index (χ0n) is 18.0. The first kappa shape index (κ1) is 22.0. The van der Waals surface area contributed by atoms with Crippen molar-refractivity contribution in [3.8, 4) is 0 Å². The normalized spacial score (nSPS) is 17.9. The largest absolute Gasteiger partial charge is 0.383 e. The topological polar surface area (TPSA) is 71.4 Å². The lowest BCUT2D eigenvalue weighted by molar-refractivity contribution is -0.116. The van der Waals surface area contributed by atoms with Gasteiger partial charge in [-0.15, -0.1) is 0 Å². The van der Waals surface area contributed by atoms with Crippen molar-refractivity contribution in [3.05, 3.63) is 84.4 Å². The van der Waals surface area contributed by atoms with Gasteiger partial charge in [0.15, 0.2) is 5.11 Å². The number of aromatic nitrogens is 2. The van der Waals surface area contributed by atoms with Crippen LogP contribution in [-0.2, 0) is 16.1 Å². The van der Waals surface area contributed by atoms with E-state index in [1.165, 1.54) is 0 Å². The summed E-state index contributed by atoms with van der Waals surface area (Å²) in [5.74, 6) is -0.0474. The third-order valence-electron chi connectivity index (χ3n) is 5.54. The van der Waals surface area contributed by atoms with Crippen molar-refractivity contribution in [2.45, 2.75) is 25.0 Å². The average molecular weight is 450 g/mol. The fraction of sp³-hybridized carbons (Fsp3) is 0.292. The molecule has 1 aromatic carbocycles. The number of thiocarbonyl (C=S) groups is 1. The van der Waals surface area contributed by atoms with E-state index in [9.17, 15) is 4.79 Å². The molecule has 0 saturated carbocycles. The molecule has 32 heavy (non-hydrogen) atoms. The molecule has 7 nitrogen and oxygen atoms in total. The summed E-state index contributed by atoms with van der Waals surface area (Å²) in [5.41, 5.74) is 2.81. The highest BCUT2D eigenvalue weighted by Gasteiger charge is 2.41. The van der Waals surface area contributed by atoms with E-state index in [1.807, 2.05) is 60.8 Å². The van der Waals surface area contributed by atoms with Gasteiger partial charge in [0.05, 0.1) is 24.4 Å². The second-order valence-electron chi connectivity index (χ2n) is 7.60. The summed E-state index contributed by atoms with van der Waals surface area (Å²) in [6.07, 6.45) is 4.16. The molecule has 1 fully saturated rings. The van der Waals surface area contributed by atoms with Gasteiger partial charge >= 0.3 is 0 Å². The van der Waals surface area contributed by atoms with Gasteiger partial charge in [-0.25, -0.2) is 0 Å². The van der Waals surface area contributed by atoms with Gasteiger partial charge in [-0.05, 0) is 48.6 Å². The van der Waals surface area contributed by atoms with E-state index < -0.39 is 0 Å². The molecule has 166 valence electrons. The first-order chi connectivity index (χ1) is 15.7. The Balaban J connectivity index is 1.56. The van der Waals surface area contributed by atoms with Crippen LogP contribution in [0.4, 0.5) is 5.69 Å². The monoisotopic (exact) mass is 449 g/mol. The molecule has 2 aromatic heterocycles. The maximum absolute atomic E-state index is 12.6. The second kappa shape index (κ2) is 10.4. The van der Waals surface area contributed by atoms with Crippen LogP contribution in [-0.4, -0.2) is 45.7 Å². The highest BCUT2D eigenvalue weighted by Crippen LogP contribution is 2.38. The number of carbonyl (C=O) groups excluding carboxylic acids is 1. The third kappa shape index (κ3) is 4.98. The fourth-order valence-electron chi connectivity index (χ4n) is 4.02. The molecule has 2 N–H and O–H groups in total. The van der Waals surface area contributed by atoms with E-state index in [0.717, 1.165) is 23.6 Å². The van der Waals surface area contributed by atoms with E-state index in [4.69, 9.17) is 17.0 Å². The van der Waals surface area contributed by atoms with Crippen molar-refractivity contribution in [1.29, 1.82) is 0 Å². The van der Waals surface area contributed by atoms with Gasteiger partial charge in [-0.3, -0.25) is 9.78 Å². The van der Waals surface area contributed by atoms with Crippen LogP contribution in [0.3, 0.4) is 0 Å². The minimum Gasteiger partial charge on any atom is -0.383 e. The Morgan fingerprint density at radius 3 is 2.69 bits per heavy atom. The number of nitrogens with zero attached hydrogens (tertiary/aromatic N) is 3. The van der Waals surface area contributed by atoms with Crippen LogP contribution in [0, 0.1) is 0 Å². The Labute approximate surface area is 193 Å². The molecule has 3 heterocycles. The smallest absolute Gasteiger partial charge is 0.226 e. The van der Waals surface area contributed by atoms with Crippen LogP contribution in [0.25, 0.3) is 0 Å². The number of para-hydroxylation sites is 1. The molecule has 2 atom stereocenters. The summed E-state index contributed by atoms with van der Waals surface area (Å²) in [6, 6.07) is 19.3. The van der Waals surface area contributed by atoms with Crippen molar-refractivity contribution in [2.75, 3.05) is 25.6 Å². The molecule has 0 bridgehead atoms. The van der Waals surface area contributed by atoms with Crippen LogP contribution in [0.15, 0.2) is 73.1 Å². The number of ether oxygens (including phenoxy) is 1. The number of hydrogen-bond acceptors (Lipinski definition) is 4. The number of carbonyl (C=O) groups is 1. The van der Waals surface area contributed by atoms with E-state index in [0.29, 0.717) is 24.7 Å². The molecule has 0 aliphatic carbocycles. The van der Waals surface area contributed by atoms with Crippen LogP contribution in [0.5, 0.6) is 0 Å². The molecule has 3 aromatic rings. The number of rotatable bonds is 9. The molecule has 0 radical (unpaired) electrons. The van der Waals surface area contributed by atoms with Crippen LogP contribution in [0.1, 0.15) is 29.9 Å². The summed E-state index contributed by atoms with van der Waals surface area (Å²) in [7, 11) is 1.70. The van der Waals surface area contributed by atoms with Gasteiger partial charge < -0.3 is 24.8 Å². The molecular weight excluding hydrogens is 422 g/mol. The first-order valence-electron chi connectivity index (χ1n) is 10.6. The summed E-state index contributed by atoms with van der Waals surface area (Å²) >= 11 is 5.70. The lowest BCUT2D eigenvalue weighted by Gasteiger charge is -2.28. The Kier molecular flexibility index (Phi) is 7.14. The Morgan fingerprint density at radius 1 is 1.12 bits per heavy atom. The van der Waals surface area contributed by atoms with E-state index >= 15 is 0 Å². The number of nitrogens with one attached hydrogen (secondary N) is 2. The summed E-state index contributed by atoms with van der Waals surface area (Å²) in [6.45, 7) is 1.84. The minimum atomic E-state index is -0.114. The second-order valence-corrected chi connectivity index (χ2v) is 7.99. The Morgan fingerprint density at radius 2 is 1.94 bits per heavy atom. The number of anilines is 1. The Hall–Kier alpha value is -3.23. The highest BCUT2D eigenvalue weighted by molar-refractivity contribution is 7.80. The number of benzene rings is 1. The number of methoxy groups -OCH3 is 1. The van der Waals surface area contributed by atoms with Gasteiger partial charge in [0.2, 0.25) is 5.91 Å². The Bertz CT molecular complexity index is 1040. The zero-order valence-corrected chi connectivity index (χ0v) is 18.8. The van der Waals surface area contributed by atoms with Crippen molar-refractivity contribution in [3.63, 3.8) is 0 Å². The minimum absolute atomic E-state index is 0.0474. The van der Waals surface area contributed by atoms with Crippen molar-refractivity contribution < 1.29 is 9.53 Å². The number of amides is 1. The fourth-order valence-corrected chi connectivity index (χ4v) is 4.36. The number of hydrogen-bond donors (Lipinski definition) is 2. The third-order valence-corrected chi connectivity index (χ3v) is 5.89. The molecule has 1 saturated heterocycles. The van der Waals surface area contributed by atoms with Gasteiger partial charge in [-0.2, -0.15) is 0 Å². The summed E-state index contributed by atoms with van der Waals surface area (Å²) in [5, 5.41) is 7.01. The van der Waals surface area contributed by atoms with E-state index in [-0.39, 0.29) is 18.0 Å². The highest BCUT2D eigenvalue weighted by atomic mass is 32.1. The first-order valence-corrected chi connectivity index (χ1v) is 11.0. The lowest BCUT2D eigenvalue weighted by atomic mass is 10.0. The van der Waals surface area contributed by atoms with Crippen molar-refractivity contribution >= 4 is 28.9 Å². The van der Waals surface area contributed by atoms with Gasteiger partial charge in [0, 0.05) is 50.4 Å². The molecule has 1 aliphatic rings. The summed E-state index contributed by atoms with van der Waals surface area (Å²) in [4.78, 5) is 19.3. The van der Waals surface area contributed by atoms with E-state index in [2.05, 4.69) is 31.2 Å². The summed E-state index contributed by atoms with van der Waals surface area (Å²) < 4.78 is 7.46. The molecule has 4 rings (SSSR count). The van der Waals surface area contributed by atoms with Gasteiger partial charge in [0.25, 0.3) is 0 Å². The maximum atomic E-state index is 12.6. The maximum Gasteiger partial charge on any atom is 0.226 e. The van der Waals surface area contributed by atoms with Crippen molar-refractivity contribution in [2.24, 2.45) is 0 Å². The SMILES string of the molecule is COCCn1cccc1C1C(c2ccccn2)NC(=S)N1CCC(=O)Nc1ccccc1. The van der Waals surface area contributed by atoms with Gasteiger partial charge in [-0.1, -0.05) is 24.3 Å². The molecule has 8 heteroatoms. The van der Waals surface area contributed by atoms with Crippen molar-refractivity contribution in [1.82, 2.24) is 19.8 Å². The average Bonchev–Trinajstić information content (AvgIpc) is 3.41. The van der Waals surface area contributed by atoms with Crippen LogP contribution in [0.2, 0.25) is 0 Å². The van der Waals surface area contributed by atoms with E-state index in [1.54, 1.807) is 13.3 Å². The van der Waals surface area contributed by atoms with Crippen LogP contribution >= 0.6 is 12.2 Å². The molecular formula is C24H27N5O2S. The molecule has 1 aliphatic heterocycles. The molecule has 1 amide bonds. The molecule has 2 unspecified atom stereocenters. The lowest BCUT2D eigenvalue weighted by Crippen LogP contribution is -2.33. The standard InChI is InChI=1S/C24H27N5O2S/c1-31-17-16-28-14-7-11-20(28)23-22(19-10-5-6-13-25-19)27-24(32)29(23)15-12-21(30)26-18-8-3-2-4-9-18/h2-11,13-14,22-23H,12,15-17H2,1H3,(H,26,30)(H,27,32). The zero-order chi connectivity index (χ0) is 22.3. The number of pyridine rings is 1. The van der Waals surface area contributed by atoms with Gasteiger partial charge in [0.1, 0.15) is 0 Å². The van der Waals surface area contributed by atoms with Crippen LogP contribution < -0.4 is 10.6 Å². The predicted octanol–water partition coefficient (Wildman–Crippen LogP) is 3.53. The molecule has 0 spiro atoms. The predicted molar refractivity (Wildman–Crippen MR) is 128 cm³/mol. The quantitative estimate of drug-likeness (QED) is 0.487.